The van der Waals surface area contributed by atoms with Gasteiger partial charge in [0.25, 0.3) is 10.1 Å². The maximum atomic E-state index is 10.4. The predicted molar refractivity (Wildman–Crippen MR) is 87.1 cm³/mol. The molecule has 1 rings (SSSR count). The quantitative estimate of drug-likeness (QED) is 0.448. The number of unbranched alkanes of at least 4 members (excludes halogenated alkanes) is 5. The summed E-state index contributed by atoms with van der Waals surface area (Å²) in [6, 6.07) is 7.42. The van der Waals surface area contributed by atoms with Crippen LogP contribution in [0.15, 0.2) is 35.2 Å². The van der Waals surface area contributed by atoms with Crippen LogP contribution in [0.25, 0.3) is 0 Å². The second kappa shape index (κ2) is 14.2. The molecule has 0 aliphatic heterocycles. The average Bonchev–Trinajstić information content (AvgIpc) is 2.43. The van der Waals surface area contributed by atoms with Gasteiger partial charge in [-0.15, -0.1) is 0 Å². The zero-order valence-electron chi connectivity index (χ0n) is 12.3. The summed E-state index contributed by atoms with van der Waals surface area (Å²) in [6.07, 6.45) is 6.96. The second-order valence-corrected chi connectivity index (χ2v) is 6.10. The Bertz CT molecular complexity index is 488. The molecule has 0 bridgehead atoms. The topological polar surface area (TPSA) is 91.3 Å². The molecule has 5 nitrogen and oxygen atoms in total. The molecule has 1 radical (unpaired) electrons. The first-order chi connectivity index (χ1) is 9.88. The van der Waals surface area contributed by atoms with Crippen molar-refractivity contribution in [3.05, 3.63) is 30.3 Å². The van der Waals surface area contributed by atoms with Gasteiger partial charge in [-0.1, -0.05) is 57.2 Å². The summed E-state index contributed by atoms with van der Waals surface area (Å²) >= 11 is 0. The Labute approximate surface area is 155 Å². The van der Waals surface area contributed by atoms with Crippen LogP contribution in [0.3, 0.4) is 0 Å². The summed E-state index contributed by atoms with van der Waals surface area (Å²) in [7, 11) is -4.00. The molecule has 1 aromatic rings. The molecule has 121 valence electrons. The van der Waals surface area contributed by atoms with Crippen molar-refractivity contribution in [2.75, 3.05) is 0 Å². The molecule has 0 aliphatic carbocycles. The third-order valence-corrected chi connectivity index (χ3v) is 3.64. The normalized spacial score (nSPS) is 10.1. The second-order valence-electron chi connectivity index (χ2n) is 4.68. The van der Waals surface area contributed by atoms with E-state index in [1.807, 2.05) is 0 Å². The van der Waals surface area contributed by atoms with Gasteiger partial charge < -0.3 is 0 Å². The van der Waals surface area contributed by atoms with E-state index in [4.69, 9.17) is 4.55 Å². The van der Waals surface area contributed by atoms with E-state index in [-0.39, 0.29) is 40.9 Å². The van der Waals surface area contributed by atoms with Gasteiger partial charge in [-0.2, -0.15) is 8.42 Å². The molecule has 1 N–H and O–H groups in total. The first-order valence-corrected chi connectivity index (χ1v) is 8.54. The molecule has 0 atom stereocenters. The zero-order valence-corrected chi connectivity index (χ0v) is 13.1. The van der Waals surface area contributed by atoms with Crippen LogP contribution in [-0.4, -0.2) is 48.5 Å². The van der Waals surface area contributed by atoms with Crippen LogP contribution >= 0.6 is 0 Å². The fraction of sp³-hybridized carbons (Fsp3) is 0.533. The van der Waals surface area contributed by atoms with Gasteiger partial charge in [0.2, 0.25) is 0 Å². The summed E-state index contributed by atoms with van der Waals surface area (Å²) in [5, 5.41) is 9.98. The number of rotatable bonds is 8. The molecule has 0 amide bonds. The van der Waals surface area contributed by atoms with Gasteiger partial charge in [-0.05, 0) is 18.6 Å². The third kappa shape index (κ3) is 14.5. The summed E-state index contributed by atoms with van der Waals surface area (Å²) in [5.74, 6) is -0.916. The fourth-order valence-corrected chi connectivity index (χ4v) is 2.14. The molecular weight excluding hydrogens is 315 g/mol. The van der Waals surface area contributed by atoms with Crippen molar-refractivity contribution < 1.29 is 22.9 Å². The van der Waals surface area contributed by atoms with Gasteiger partial charge in [0.15, 0.2) is 0 Å². The number of hydrogen-bond acceptors (Lipinski definition) is 3. The maximum absolute atomic E-state index is 10.4. The Morgan fingerprint density at radius 2 is 1.50 bits per heavy atom. The minimum absolute atomic E-state index is 0. The molecule has 0 saturated heterocycles. The van der Waals surface area contributed by atoms with E-state index < -0.39 is 16.1 Å². The minimum atomic E-state index is -4.00. The van der Waals surface area contributed by atoms with E-state index in [9.17, 15) is 18.3 Å². The Morgan fingerprint density at radius 1 is 1.00 bits per heavy atom. The van der Waals surface area contributed by atoms with Gasteiger partial charge in [-0.25, -0.2) is 9.90 Å². The van der Waals surface area contributed by atoms with Crippen LogP contribution in [0, 0.1) is 0 Å². The molecule has 0 fully saturated rings. The van der Waals surface area contributed by atoms with E-state index in [0.717, 1.165) is 12.8 Å². The fourth-order valence-electron chi connectivity index (χ4n) is 1.64. The zero-order chi connectivity index (χ0) is 16.1. The molecule has 22 heavy (non-hydrogen) atoms. The molecule has 0 spiro atoms. The first-order valence-electron chi connectivity index (χ1n) is 7.10. The van der Waals surface area contributed by atoms with Crippen molar-refractivity contribution in [2.24, 2.45) is 0 Å². The predicted octanol–water partition coefficient (Wildman–Crippen LogP) is 2.98. The van der Waals surface area contributed by atoms with E-state index in [0.29, 0.717) is 0 Å². The monoisotopic (exact) mass is 339 g/mol. The van der Waals surface area contributed by atoms with Crippen molar-refractivity contribution in [1.29, 1.82) is 0 Å². The molecule has 0 saturated carbocycles. The van der Waals surface area contributed by atoms with Crippen LogP contribution in [0.4, 0.5) is 0 Å². The van der Waals surface area contributed by atoms with Gasteiger partial charge in [0.1, 0.15) is 0 Å². The molecule has 0 aromatic heterocycles. The molecule has 0 heterocycles. The average molecular weight is 339 g/mol. The molecule has 7 heteroatoms. The molecule has 0 unspecified atom stereocenters. The number of hydrogen-bond donors (Lipinski definition) is 1. The summed E-state index contributed by atoms with van der Waals surface area (Å²) < 4.78 is 29.2. The Morgan fingerprint density at radius 3 is 1.91 bits per heavy atom. The Balaban J connectivity index is 0. The van der Waals surface area contributed by atoms with Crippen LogP contribution < -0.4 is 0 Å². The molecular formula is C15H24NaO5S. The Kier molecular flexibility index (Phi) is 15.4. The standard InChI is InChI=1S/C9H17O2.C6H6O3S.Na.H/c1-2-3-4-5-6-7-8-9(10)11;7-10(8,9)6-4-2-1-3-5-6;;/h2-8H2,1H3;1-5H,(H,7,8,9);;. The van der Waals surface area contributed by atoms with Crippen molar-refractivity contribution in [1.82, 2.24) is 0 Å². The van der Waals surface area contributed by atoms with E-state index >= 15 is 0 Å². The van der Waals surface area contributed by atoms with E-state index in [1.165, 1.54) is 37.8 Å². The van der Waals surface area contributed by atoms with Gasteiger partial charge in [-0.3, -0.25) is 4.55 Å². The van der Waals surface area contributed by atoms with Gasteiger partial charge >= 0.3 is 35.5 Å². The number of benzene rings is 1. The molecule has 1 aromatic carbocycles. The van der Waals surface area contributed by atoms with E-state index in [2.05, 4.69) is 6.92 Å². The van der Waals surface area contributed by atoms with Crippen molar-refractivity contribution in [3.8, 4) is 0 Å². The van der Waals surface area contributed by atoms with Gasteiger partial charge in [0.05, 0.1) is 11.3 Å². The third-order valence-electron chi connectivity index (χ3n) is 2.78. The SMILES string of the molecule is CCCCCCCCC([O])=O.O=S(=O)(O)c1ccccc1.[NaH]. The Hall–Kier alpha value is -0.400. The van der Waals surface area contributed by atoms with Crippen LogP contribution in [0.2, 0.25) is 0 Å². The number of carbonyl (C=O) groups is 1. The van der Waals surface area contributed by atoms with Crippen LogP contribution in [0.5, 0.6) is 0 Å². The van der Waals surface area contributed by atoms with Crippen LogP contribution in [0.1, 0.15) is 51.9 Å². The summed E-state index contributed by atoms with van der Waals surface area (Å²) in [6.45, 7) is 2.17. The molecule has 0 aliphatic rings. The summed E-state index contributed by atoms with van der Waals surface area (Å²) in [4.78, 5) is 9.90. The van der Waals surface area contributed by atoms with Crippen LogP contribution in [-0.2, 0) is 20.0 Å². The number of carbonyl (C=O) groups excluding carboxylic acids is 1. The van der Waals surface area contributed by atoms with Gasteiger partial charge in [0, 0.05) is 0 Å². The van der Waals surface area contributed by atoms with E-state index in [1.54, 1.807) is 18.2 Å². The van der Waals surface area contributed by atoms with Crippen molar-refractivity contribution >= 4 is 45.6 Å². The van der Waals surface area contributed by atoms with Crippen molar-refractivity contribution in [2.45, 2.75) is 56.8 Å². The first kappa shape index (κ1) is 23.9. The summed E-state index contributed by atoms with van der Waals surface area (Å²) in [5.41, 5.74) is 0. The van der Waals surface area contributed by atoms with Crippen molar-refractivity contribution in [3.63, 3.8) is 0 Å².